The van der Waals surface area contributed by atoms with Crippen molar-refractivity contribution in [3.63, 3.8) is 0 Å². The Hall–Kier alpha value is -0.870. The van der Waals surface area contributed by atoms with Crippen LogP contribution in [0.3, 0.4) is 0 Å². The molecule has 0 bridgehead atoms. The van der Waals surface area contributed by atoms with Crippen LogP contribution in [0.1, 0.15) is 20.3 Å². The molecule has 1 aliphatic rings. The maximum absolute atomic E-state index is 5.96. The zero-order chi connectivity index (χ0) is 11.7. The van der Waals surface area contributed by atoms with E-state index >= 15 is 0 Å². The topological polar surface area (TPSA) is 68.2 Å². The molecule has 0 aromatic carbocycles. The molecule has 0 spiro atoms. The summed E-state index contributed by atoms with van der Waals surface area (Å²) in [6.45, 7) is 6.61. The van der Waals surface area contributed by atoms with Crippen molar-refractivity contribution < 1.29 is 0 Å². The molecule has 2 heterocycles. The summed E-state index contributed by atoms with van der Waals surface area (Å²) >= 11 is 0. The van der Waals surface area contributed by atoms with E-state index in [1.54, 1.807) is 12.3 Å². The molecule has 104 valence electrons. The summed E-state index contributed by atoms with van der Waals surface area (Å²) in [6.07, 6.45) is 2.96. The molecule has 0 amide bonds. The van der Waals surface area contributed by atoms with Crippen molar-refractivity contribution >= 4 is 42.0 Å². The zero-order valence-electron chi connectivity index (χ0n) is 10.8. The van der Waals surface area contributed by atoms with E-state index in [1.807, 2.05) is 0 Å². The number of piperidine rings is 1. The fourth-order valence-electron chi connectivity index (χ4n) is 2.59. The van der Waals surface area contributed by atoms with Crippen LogP contribution in [-0.4, -0.2) is 18.1 Å². The van der Waals surface area contributed by atoms with Gasteiger partial charge in [0, 0.05) is 13.1 Å². The second-order valence-electron chi connectivity index (χ2n) is 5.03. The molecule has 1 saturated heterocycles. The third-order valence-corrected chi connectivity index (χ3v) is 3.08. The lowest BCUT2D eigenvalue weighted by Gasteiger charge is -2.36. The molecular formula is C12H22Cl2N4. The van der Waals surface area contributed by atoms with Crippen LogP contribution < -0.4 is 16.4 Å². The summed E-state index contributed by atoms with van der Waals surface area (Å²) in [5.41, 5.74) is 12.9. The van der Waals surface area contributed by atoms with E-state index in [4.69, 9.17) is 11.5 Å². The molecule has 18 heavy (non-hydrogen) atoms. The average Bonchev–Trinajstić information content (AvgIpc) is 2.15. The highest BCUT2D eigenvalue weighted by Gasteiger charge is 2.23. The van der Waals surface area contributed by atoms with Gasteiger partial charge in [0.1, 0.15) is 0 Å². The Morgan fingerprint density at radius 1 is 1.17 bits per heavy atom. The SMILES string of the molecule is CC1CC(C)CN(c2ncc(N)cc2N)C1.Cl.Cl. The lowest BCUT2D eigenvalue weighted by Crippen LogP contribution is -2.39. The Bertz CT molecular complexity index is 376. The quantitative estimate of drug-likeness (QED) is 0.835. The number of nitrogen functional groups attached to an aromatic ring is 2. The van der Waals surface area contributed by atoms with Gasteiger partial charge >= 0.3 is 0 Å². The van der Waals surface area contributed by atoms with Gasteiger partial charge in [-0.05, 0) is 24.3 Å². The van der Waals surface area contributed by atoms with E-state index in [-0.39, 0.29) is 24.8 Å². The van der Waals surface area contributed by atoms with Crippen LogP contribution >= 0.6 is 24.8 Å². The first-order valence-electron chi connectivity index (χ1n) is 5.82. The van der Waals surface area contributed by atoms with Crippen LogP contribution in [0.5, 0.6) is 0 Å². The molecule has 0 saturated carbocycles. The fraction of sp³-hybridized carbons (Fsp3) is 0.583. The Labute approximate surface area is 121 Å². The number of nitrogens with two attached hydrogens (primary N) is 2. The predicted molar refractivity (Wildman–Crippen MR) is 82.7 cm³/mol. The van der Waals surface area contributed by atoms with Gasteiger partial charge in [-0.15, -0.1) is 24.8 Å². The normalized spacial score (nSPS) is 22.9. The number of anilines is 3. The number of pyridine rings is 1. The van der Waals surface area contributed by atoms with Crippen LogP contribution in [0.4, 0.5) is 17.2 Å². The molecule has 4 nitrogen and oxygen atoms in total. The zero-order valence-corrected chi connectivity index (χ0v) is 12.4. The van der Waals surface area contributed by atoms with Gasteiger partial charge in [0.05, 0.1) is 17.6 Å². The van der Waals surface area contributed by atoms with Gasteiger partial charge in [0.2, 0.25) is 0 Å². The van der Waals surface area contributed by atoms with Gasteiger partial charge in [0.15, 0.2) is 5.82 Å². The Morgan fingerprint density at radius 2 is 1.72 bits per heavy atom. The van der Waals surface area contributed by atoms with Crippen molar-refractivity contribution in [2.45, 2.75) is 20.3 Å². The predicted octanol–water partition coefficient (Wildman–Crippen LogP) is 2.57. The second-order valence-corrected chi connectivity index (χ2v) is 5.03. The molecule has 6 heteroatoms. The summed E-state index contributed by atoms with van der Waals surface area (Å²) in [5, 5.41) is 0. The van der Waals surface area contributed by atoms with Crippen molar-refractivity contribution in [2.24, 2.45) is 11.8 Å². The molecule has 2 atom stereocenters. The number of rotatable bonds is 1. The van der Waals surface area contributed by atoms with Crippen molar-refractivity contribution in [3.05, 3.63) is 12.3 Å². The lowest BCUT2D eigenvalue weighted by atomic mass is 9.92. The van der Waals surface area contributed by atoms with Crippen LogP contribution in [0.25, 0.3) is 0 Å². The first kappa shape index (κ1) is 17.1. The molecule has 1 aromatic rings. The van der Waals surface area contributed by atoms with Crippen molar-refractivity contribution in [1.82, 2.24) is 4.98 Å². The van der Waals surface area contributed by atoms with Gasteiger partial charge in [0.25, 0.3) is 0 Å². The largest absolute Gasteiger partial charge is 0.397 e. The molecule has 0 radical (unpaired) electrons. The van der Waals surface area contributed by atoms with Gasteiger partial charge in [-0.3, -0.25) is 0 Å². The van der Waals surface area contributed by atoms with Crippen LogP contribution in [0.2, 0.25) is 0 Å². The second kappa shape index (κ2) is 6.90. The summed E-state index contributed by atoms with van der Waals surface area (Å²) in [5.74, 6) is 2.28. The summed E-state index contributed by atoms with van der Waals surface area (Å²) in [4.78, 5) is 6.62. The van der Waals surface area contributed by atoms with E-state index in [1.165, 1.54) is 6.42 Å². The number of hydrogen-bond donors (Lipinski definition) is 2. The lowest BCUT2D eigenvalue weighted by molar-refractivity contribution is 0.355. The minimum absolute atomic E-state index is 0. The van der Waals surface area contributed by atoms with Crippen molar-refractivity contribution in [3.8, 4) is 0 Å². The molecule has 2 unspecified atom stereocenters. The van der Waals surface area contributed by atoms with E-state index in [0.717, 1.165) is 18.9 Å². The van der Waals surface area contributed by atoms with Gasteiger partial charge in [-0.1, -0.05) is 13.8 Å². The minimum Gasteiger partial charge on any atom is -0.397 e. The highest BCUT2D eigenvalue weighted by molar-refractivity contribution is 5.85. The van der Waals surface area contributed by atoms with E-state index < -0.39 is 0 Å². The standard InChI is InChI=1S/C12H20N4.2ClH/c1-8-3-9(2)7-16(6-8)12-11(14)4-10(13)5-15-12;;/h4-5,8-9H,3,6-7,13-14H2,1-2H3;2*1H. The number of hydrogen-bond acceptors (Lipinski definition) is 4. The summed E-state index contributed by atoms with van der Waals surface area (Å²) < 4.78 is 0. The maximum atomic E-state index is 5.96. The van der Waals surface area contributed by atoms with Crippen molar-refractivity contribution in [1.29, 1.82) is 0 Å². The van der Waals surface area contributed by atoms with Gasteiger partial charge in [-0.25, -0.2) is 4.98 Å². The van der Waals surface area contributed by atoms with Crippen molar-refractivity contribution in [2.75, 3.05) is 29.5 Å². The third kappa shape index (κ3) is 3.82. The molecule has 2 rings (SSSR count). The summed E-state index contributed by atoms with van der Waals surface area (Å²) in [7, 11) is 0. The number of aromatic nitrogens is 1. The first-order valence-corrected chi connectivity index (χ1v) is 5.82. The Balaban J connectivity index is 0.00000144. The van der Waals surface area contributed by atoms with Gasteiger partial charge < -0.3 is 16.4 Å². The molecule has 0 aliphatic carbocycles. The average molecular weight is 293 g/mol. The maximum Gasteiger partial charge on any atom is 0.151 e. The van der Waals surface area contributed by atoms with Crippen LogP contribution in [-0.2, 0) is 0 Å². The Kier molecular flexibility index (Phi) is 6.57. The highest BCUT2D eigenvalue weighted by Crippen LogP contribution is 2.29. The monoisotopic (exact) mass is 292 g/mol. The third-order valence-electron chi connectivity index (χ3n) is 3.08. The van der Waals surface area contributed by atoms with Gasteiger partial charge in [-0.2, -0.15) is 0 Å². The van der Waals surface area contributed by atoms with Crippen LogP contribution in [0.15, 0.2) is 12.3 Å². The number of nitrogens with zero attached hydrogens (tertiary/aromatic N) is 2. The summed E-state index contributed by atoms with van der Waals surface area (Å²) in [6, 6.07) is 1.78. The Morgan fingerprint density at radius 3 is 2.22 bits per heavy atom. The fourth-order valence-corrected chi connectivity index (χ4v) is 2.59. The molecule has 4 N–H and O–H groups in total. The molecule has 1 aliphatic heterocycles. The smallest absolute Gasteiger partial charge is 0.151 e. The highest BCUT2D eigenvalue weighted by atomic mass is 35.5. The van der Waals surface area contributed by atoms with E-state index in [2.05, 4.69) is 23.7 Å². The first-order chi connectivity index (χ1) is 7.56. The minimum atomic E-state index is 0. The van der Waals surface area contributed by atoms with Crippen LogP contribution in [0, 0.1) is 11.8 Å². The molecule has 1 fully saturated rings. The van der Waals surface area contributed by atoms with E-state index in [9.17, 15) is 0 Å². The molecule has 1 aromatic heterocycles. The van der Waals surface area contributed by atoms with E-state index in [0.29, 0.717) is 23.2 Å². The molecular weight excluding hydrogens is 271 g/mol. The number of halogens is 2.